The van der Waals surface area contributed by atoms with Gasteiger partial charge in [-0.15, -0.1) is 0 Å². The van der Waals surface area contributed by atoms with E-state index in [0.29, 0.717) is 0 Å². The molecule has 0 bridgehead atoms. The van der Waals surface area contributed by atoms with Gasteiger partial charge >= 0.3 is 0 Å². The second kappa shape index (κ2) is 5.48. The second-order valence-electron chi connectivity index (χ2n) is 2.82. The van der Waals surface area contributed by atoms with Gasteiger partial charge in [0, 0.05) is 11.0 Å². The average Bonchev–Trinajstić information content (AvgIpc) is 1.63. The van der Waals surface area contributed by atoms with Gasteiger partial charge in [-0.2, -0.15) is 0 Å². The quantitative estimate of drug-likeness (QED) is 0.584. The molecule has 0 aliphatic rings. The normalized spacial score (nSPS) is 11.3. The molecule has 0 unspecified atom stereocenters. The van der Waals surface area contributed by atoms with Gasteiger partial charge in [-0.05, 0) is 5.92 Å². The lowest BCUT2D eigenvalue weighted by Gasteiger charge is -2.04. The summed E-state index contributed by atoms with van der Waals surface area (Å²) in [7, 11) is 3.96. The van der Waals surface area contributed by atoms with E-state index in [2.05, 4.69) is 27.7 Å². The Morgan fingerprint density at radius 2 is 1.67 bits per heavy atom. The lowest BCUT2D eigenvalue weighted by atomic mass is 10.3. The average molecular weight is 164 g/mol. The molecule has 0 aliphatic carbocycles. The standard InChI is InChI=1S/C7H16S2/c1-6(2)5-8-9-7(3)4/h6-7H,5H2,1-4H3. The van der Waals surface area contributed by atoms with Crippen LogP contribution in [0, 0.1) is 5.92 Å². The summed E-state index contributed by atoms with van der Waals surface area (Å²) in [5, 5.41) is 0.772. The Morgan fingerprint density at radius 1 is 1.11 bits per heavy atom. The van der Waals surface area contributed by atoms with Crippen molar-refractivity contribution in [1.82, 2.24) is 0 Å². The molecule has 0 nitrogen and oxygen atoms in total. The Labute approximate surface area is 66.6 Å². The van der Waals surface area contributed by atoms with Crippen molar-refractivity contribution in [3.63, 3.8) is 0 Å². The maximum absolute atomic E-state index is 2.26. The minimum atomic E-state index is 0.772. The fourth-order valence-corrected chi connectivity index (χ4v) is 2.80. The first kappa shape index (κ1) is 9.70. The van der Waals surface area contributed by atoms with E-state index in [-0.39, 0.29) is 0 Å². The van der Waals surface area contributed by atoms with Crippen LogP contribution >= 0.6 is 21.6 Å². The molecule has 0 aromatic rings. The third-order valence-corrected chi connectivity index (χ3v) is 3.96. The van der Waals surface area contributed by atoms with Crippen LogP contribution in [0.2, 0.25) is 0 Å². The number of hydrogen-bond donors (Lipinski definition) is 0. The number of hydrogen-bond acceptors (Lipinski definition) is 2. The van der Waals surface area contributed by atoms with E-state index in [4.69, 9.17) is 0 Å². The van der Waals surface area contributed by atoms with Crippen molar-refractivity contribution < 1.29 is 0 Å². The minimum Gasteiger partial charge on any atom is -0.0936 e. The molecule has 9 heavy (non-hydrogen) atoms. The summed E-state index contributed by atoms with van der Waals surface area (Å²) < 4.78 is 0. The predicted molar refractivity (Wildman–Crippen MR) is 50.0 cm³/mol. The minimum absolute atomic E-state index is 0.772. The van der Waals surface area contributed by atoms with E-state index in [1.807, 2.05) is 21.6 Å². The van der Waals surface area contributed by atoms with Crippen LogP contribution in [-0.2, 0) is 0 Å². The Balaban J connectivity index is 2.91. The zero-order valence-electron chi connectivity index (χ0n) is 6.68. The van der Waals surface area contributed by atoms with E-state index in [0.717, 1.165) is 11.2 Å². The molecule has 0 fully saturated rings. The van der Waals surface area contributed by atoms with Gasteiger partial charge in [0.05, 0.1) is 0 Å². The summed E-state index contributed by atoms with van der Waals surface area (Å²) in [5.41, 5.74) is 0. The molecule has 0 radical (unpaired) electrons. The van der Waals surface area contributed by atoms with Gasteiger partial charge in [-0.3, -0.25) is 0 Å². The molecule has 0 saturated carbocycles. The summed E-state index contributed by atoms with van der Waals surface area (Å²) in [5.74, 6) is 2.12. The zero-order chi connectivity index (χ0) is 7.28. The predicted octanol–water partition coefficient (Wildman–Crippen LogP) is 3.43. The molecule has 0 spiro atoms. The van der Waals surface area contributed by atoms with Crippen LogP contribution in [0.5, 0.6) is 0 Å². The Morgan fingerprint density at radius 3 is 2.00 bits per heavy atom. The van der Waals surface area contributed by atoms with Crippen LogP contribution in [0.4, 0.5) is 0 Å². The van der Waals surface area contributed by atoms with Crippen molar-refractivity contribution in [3.05, 3.63) is 0 Å². The molecule has 0 N–H and O–H groups in total. The van der Waals surface area contributed by atoms with Gasteiger partial charge in [0.25, 0.3) is 0 Å². The van der Waals surface area contributed by atoms with Crippen molar-refractivity contribution in [1.29, 1.82) is 0 Å². The third-order valence-electron chi connectivity index (χ3n) is 0.662. The van der Waals surface area contributed by atoms with E-state index >= 15 is 0 Å². The van der Waals surface area contributed by atoms with E-state index in [1.165, 1.54) is 5.75 Å². The summed E-state index contributed by atoms with van der Waals surface area (Å²) in [6, 6.07) is 0. The van der Waals surface area contributed by atoms with E-state index in [1.54, 1.807) is 0 Å². The Kier molecular flexibility index (Phi) is 5.91. The Bertz CT molecular complexity index is 51.9. The van der Waals surface area contributed by atoms with Gasteiger partial charge in [-0.25, -0.2) is 0 Å². The Hall–Kier alpha value is 0.700. The molecular weight excluding hydrogens is 148 g/mol. The van der Waals surface area contributed by atoms with Gasteiger partial charge in [-0.1, -0.05) is 49.3 Å². The van der Waals surface area contributed by atoms with Crippen molar-refractivity contribution in [3.8, 4) is 0 Å². The fraction of sp³-hybridized carbons (Fsp3) is 1.00. The third kappa shape index (κ3) is 8.70. The van der Waals surface area contributed by atoms with Crippen molar-refractivity contribution in [2.75, 3.05) is 5.75 Å². The van der Waals surface area contributed by atoms with E-state index < -0.39 is 0 Å². The van der Waals surface area contributed by atoms with Crippen molar-refractivity contribution in [2.45, 2.75) is 32.9 Å². The maximum Gasteiger partial charge on any atom is 0.00944 e. The highest BCUT2D eigenvalue weighted by molar-refractivity contribution is 8.76. The van der Waals surface area contributed by atoms with Crippen LogP contribution in [0.1, 0.15) is 27.7 Å². The second-order valence-corrected chi connectivity index (χ2v) is 5.81. The first-order valence-corrected chi connectivity index (χ1v) is 5.79. The summed E-state index contributed by atoms with van der Waals surface area (Å²) in [6.45, 7) is 8.98. The van der Waals surface area contributed by atoms with Gasteiger partial charge < -0.3 is 0 Å². The molecule has 0 aliphatic heterocycles. The van der Waals surface area contributed by atoms with E-state index in [9.17, 15) is 0 Å². The largest absolute Gasteiger partial charge is 0.0936 e. The van der Waals surface area contributed by atoms with Crippen LogP contribution in [0.3, 0.4) is 0 Å². The molecule has 0 amide bonds. The van der Waals surface area contributed by atoms with Crippen LogP contribution < -0.4 is 0 Å². The molecule has 0 heterocycles. The highest BCUT2D eigenvalue weighted by Gasteiger charge is 1.96. The highest BCUT2D eigenvalue weighted by atomic mass is 33.1. The maximum atomic E-state index is 2.26. The molecule has 0 rings (SSSR count). The van der Waals surface area contributed by atoms with Crippen molar-refractivity contribution >= 4 is 21.6 Å². The van der Waals surface area contributed by atoms with Crippen LogP contribution in [0.25, 0.3) is 0 Å². The SMILES string of the molecule is CC(C)CSSC(C)C. The van der Waals surface area contributed by atoms with Gasteiger partial charge in [0.1, 0.15) is 0 Å². The molecule has 2 heteroatoms. The van der Waals surface area contributed by atoms with Crippen LogP contribution in [-0.4, -0.2) is 11.0 Å². The smallest absolute Gasteiger partial charge is 0.00944 e. The van der Waals surface area contributed by atoms with Crippen LogP contribution in [0.15, 0.2) is 0 Å². The molecular formula is C7H16S2. The lowest BCUT2D eigenvalue weighted by molar-refractivity contribution is 0.752. The van der Waals surface area contributed by atoms with Crippen molar-refractivity contribution in [2.24, 2.45) is 5.92 Å². The molecule has 56 valence electrons. The summed E-state index contributed by atoms with van der Waals surface area (Å²) in [6.07, 6.45) is 0. The molecule has 0 saturated heterocycles. The summed E-state index contributed by atoms with van der Waals surface area (Å²) in [4.78, 5) is 0. The zero-order valence-corrected chi connectivity index (χ0v) is 8.31. The molecule has 0 aromatic heterocycles. The monoisotopic (exact) mass is 164 g/mol. The number of rotatable bonds is 4. The lowest BCUT2D eigenvalue weighted by Crippen LogP contribution is -1.89. The first-order valence-electron chi connectivity index (χ1n) is 3.41. The summed E-state index contributed by atoms with van der Waals surface area (Å²) >= 11 is 0. The molecule has 0 atom stereocenters. The highest BCUT2D eigenvalue weighted by Crippen LogP contribution is 2.27. The van der Waals surface area contributed by atoms with Gasteiger partial charge in [0.2, 0.25) is 0 Å². The topological polar surface area (TPSA) is 0 Å². The van der Waals surface area contributed by atoms with Gasteiger partial charge in [0.15, 0.2) is 0 Å². The molecule has 0 aromatic carbocycles. The fourth-order valence-electron chi connectivity index (χ4n) is 0.311. The first-order chi connectivity index (χ1) is 4.13.